The third-order valence-corrected chi connectivity index (χ3v) is 6.87. The Morgan fingerprint density at radius 1 is 1.05 bits per heavy atom. The number of nitrogen functional groups attached to an aromatic ring is 1. The van der Waals surface area contributed by atoms with Gasteiger partial charge in [-0.2, -0.15) is 0 Å². The van der Waals surface area contributed by atoms with Gasteiger partial charge in [0.1, 0.15) is 24.7 Å². The molecule has 2 aliphatic heterocycles. The molecular formula is C27H33N5O5. The lowest BCUT2D eigenvalue weighted by molar-refractivity contribution is -0.146. The highest BCUT2D eigenvalue weighted by Crippen LogP contribution is 2.29. The molecule has 37 heavy (non-hydrogen) atoms. The van der Waals surface area contributed by atoms with E-state index in [1.54, 1.807) is 21.9 Å². The van der Waals surface area contributed by atoms with Crippen LogP contribution in [0.4, 0.5) is 0 Å². The van der Waals surface area contributed by atoms with E-state index in [0.717, 1.165) is 24.2 Å². The summed E-state index contributed by atoms with van der Waals surface area (Å²) in [6, 6.07) is 14.7. The minimum Gasteiger partial charge on any atom is -0.491 e. The van der Waals surface area contributed by atoms with Crippen LogP contribution < -0.4 is 15.8 Å². The fraction of sp³-hybridized carbons (Fsp3) is 0.407. The van der Waals surface area contributed by atoms with Gasteiger partial charge in [0.25, 0.3) is 0 Å². The summed E-state index contributed by atoms with van der Waals surface area (Å²) in [5, 5.41) is 10.7. The highest BCUT2D eigenvalue weighted by Gasteiger charge is 2.42. The largest absolute Gasteiger partial charge is 0.491 e. The van der Waals surface area contributed by atoms with E-state index in [1.807, 2.05) is 36.4 Å². The van der Waals surface area contributed by atoms with Crippen molar-refractivity contribution in [2.45, 2.75) is 18.9 Å². The molecule has 196 valence electrons. The van der Waals surface area contributed by atoms with E-state index in [9.17, 15) is 14.4 Å². The van der Waals surface area contributed by atoms with Gasteiger partial charge in [-0.3, -0.25) is 19.8 Å². The number of likely N-dealkylation sites (tertiary alicyclic amines) is 1. The van der Waals surface area contributed by atoms with Crippen LogP contribution >= 0.6 is 0 Å². The molecule has 2 fully saturated rings. The fourth-order valence-electron chi connectivity index (χ4n) is 4.73. The number of piperazine rings is 1. The van der Waals surface area contributed by atoms with Crippen LogP contribution in [0.3, 0.4) is 0 Å². The number of amides is 2. The van der Waals surface area contributed by atoms with Crippen molar-refractivity contribution in [2.75, 3.05) is 46.4 Å². The van der Waals surface area contributed by atoms with Crippen molar-refractivity contribution in [1.29, 1.82) is 5.41 Å². The summed E-state index contributed by atoms with van der Waals surface area (Å²) in [5.41, 5.74) is 8.17. The van der Waals surface area contributed by atoms with Gasteiger partial charge in [-0.15, -0.1) is 0 Å². The van der Waals surface area contributed by atoms with E-state index >= 15 is 0 Å². The van der Waals surface area contributed by atoms with Crippen molar-refractivity contribution in [2.24, 2.45) is 11.7 Å². The van der Waals surface area contributed by atoms with Gasteiger partial charge in [-0.1, -0.05) is 36.4 Å². The number of nitrogens with zero attached hydrogens (tertiary/aromatic N) is 2. The third kappa shape index (κ3) is 6.45. The summed E-state index contributed by atoms with van der Waals surface area (Å²) in [6.07, 6.45) is 0.407. The van der Waals surface area contributed by atoms with Crippen LogP contribution in [0, 0.1) is 11.3 Å². The lowest BCUT2D eigenvalue weighted by atomic mass is 10.0. The standard InChI is InChI=1S/C27H33N5O5/c1-36-25(34)15-21-14-22(32(27(21)35)16-24(33)31-12-10-30-11-13-31)17-37-23-8-6-19(7-9-23)18-2-4-20(5-3-18)26(28)29/h2-9,21-22,30H,10-17H2,1H3,(H3,28,29)/t21-,22-/m0/s1. The number of nitrogens with two attached hydrogens (primary N) is 1. The molecule has 0 radical (unpaired) electrons. The number of amidine groups is 1. The quantitative estimate of drug-likeness (QED) is 0.264. The smallest absolute Gasteiger partial charge is 0.306 e. The zero-order chi connectivity index (χ0) is 26.4. The first-order valence-electron chi connectivity index (χ1n) is 12.4. The first kappa shape index (κ1) is 26.2. The van der Waals surface area contributed by atoms with E-state index < -0.39 is 11.9 Å². The second kappa shape index (κ2) is 11.9. The molecule has 0 aromatic heterocycles. The van der Waals surface area contributed by atoms with Crippen LogP contribution in [0.5, 0.6) is 5.75 Å². The number of carbonyl (C=O) groups excluding carboxylic acids is 3. The molecule has 2 aliphatic rings. The Balaban J connectivity index is 1.41. The monoisotopic (exact) mass is 507 g/mol. The van der Waals surface area contributed by atoms with Crippen LogP contribution in [0.25, 0.3) is 11.1 Å². The van der Waals surface area contributed by atoms with Gasteiger partial charge in [-0.05, 0) is 29.7 Å². The Hall–Kier alpha value is -3.92. The maximum Gasteiger partial charge on any atom is 0.306 e. The van der Waals surface area contributed by atoms with Crippen LogP contribution in [0.2, 0.25) is 0 Å². The van der Waals surface area contributed by atoms with E-state index in [1.165, 1.54) is 7.11 Å². The number of esters is 1. The van der Waals surface area contributed by atoms with Gasteiger partial charge in [0, 0.05) is 31.7 Å². The molecule has 0 saturated carbocycles. The average molecular weight is 508 g/mol. The lowest BCUT2D eigenvalue weighted by Gasteiger charge is -2.31. The Labute approximate surface area is 216 Å². The molecule has 10 heteroatoms. The van der Waals surface area contributed by atoms with Crippen LogP contribution in [0.15, 0.2) is 48.5 Å². The van der Waals surface area contributed by atoms with Crippen molar-refractivity contribution in [3.63, 3.8) is 0 Å². The zero-order valence-corrected chi connectivity index (χ0v) is 20.9. The summed E-state index contributed by atoms with van der Waals surface area (Å²) in [6.45, 7) is 2.86. The van der Waals surface area contributed by atoms with Gasteiger partial charge < -0.3 is 30.3 Å². The predicted octanol–water partition coefficient (Wildman–Crippen LogP) is 1.23. The topological polar surface area (TPSA) is 138 Å². The van der Waals surface area contributed by atoms with E-state index in [0.29, 0.717) is 30.8 Å². The first-order valence-corrected chi connectivity index (χ1v) is 12.4. The molecule has 10 nitrogen and oxygen atoms in total. The number of methoxy groups -OCH3 is 1. The maximum absolute atomic E-state index is 13.1. The molecular weight excluding hydrogens is 474 g/mol. The summed E-state index contributed by atoms with van der Waals surface area (Å²) < 4.78 is 10.8. The van der Waals surface area contributed by atoms with Gasteiger partial charge >= 0.3 is 5.97 Å². The highest BCUT2D eigenvalue weighted by atomic mass is 16.5. The third-order valence-electron chi connectivity index (χ3n) is 6.87. The molecule has 2 aromatic rings. The van der Waals surface area contributed by atoms with E-state index in [2.05, 4.69) is 5.32 Å². The van der Waals surface area contributed by atoms with Gasteiger partial charge in [0.2, 0.25) is 11.8 Å². The second-order valence-electron chi connectivity index (χ2n) is 9.29. The number of nitrogens with one attached hydrogen (secondary N) is 2. The predicted molar refractivity (Wildman–Crippen MR) is 138 cm³/mol. The SMILES string of the molecule is COC(=O)C[C@@H]1C[C@@H](COc2ccc(-c3ccc(C(=N)N)cc3)cc2)N(CC(=O)N2CCNCC2)C1=O. The zero-order valence-electron chi connectivity index (χ0n) is 20.9. The van der Waals surface area contributed by atoms with E-state index in [4.69, 9.17) is 20.6 Å². The number of benzene rings is 2. The van der Waals surface area contributed by atoms with Crippen molar-refractivity contribution in [3.05, 3.63) is 54.1 Å². The number of rotatable bonds is 9. The summed E-state index contributed by atoms with van der Waals surface area (Å²) >= 11 is 0. The van der Waals surface area contributed by atoms with Crippen LogP contribution in [-0.2, 0) is 19.1 Å². The van der Waals surface area contributed by atoms with Crippen molar-refractivity contribution < 1.29 is 23.9 Å². The molecule has 0 aliphatic carbocycles. The second-order valence-corrected chi connectivity index (χ2v) is 9.29. The molecule has 4 N–H and O–H groups in total. The molecule has 2 heterocycles. The normalized spacial score (nSPS) is 19.5. The first-order chi connectivity index (χ1) is 17.9. The van der Waals surface area contributed by atoms with Crippen molar-refractivity contribution in [3.8, 4) is 16.9 Å². The molecule has 0 bridgehead atoms. The summed E-state index contributed by atoms with van der Waals surface area (Å²) in [5.74, 6) is -0.623. The maximum atomic E-state index is 13.1. The molecule has 4 rings (SSSR count). The lowest BCUT2D eigenvalue weighted by Crippen LogP contribution is -2.51. The van der Waals surface area contributed by atoms with Crippen LogP contribution in [0.1, 0.15) is 18.4 Å². The summed E-state index contributed by atoms with van der Waals surface area (Å²) in [7, 11) is 1.30. The molecule has 0 spiro atoms. The van der Waals surface area contributed by atoms with Gasteiger partial charge in [0.15, 0.2) is 0 Å². The Morgan fingerprint density at radius 2 is 1.68 bits per heavy atom. The van der Waals surface area contributed by atoms with E-state index in [-0.39, 0.29) is 43.3 Å². The minimum atomic E-state index is -0.530. The molecule has 2 atom stereocenters. The average Bonchev–Trinajstić information content (AvgIpc) is 3.21. The number of hydrogen-bond acceptors (Lipinski definition) is 7. The molecule has 0 unspecified atom stereocenters. The number of carbonyl (C=O) groups is 3. The highest BCUT2D eigenvalue weighted by molar-refractivity contribution is 5.95. The minimum absolute atomic E-state index is 0.0126. The van der Waals surface area contributed by atoms with Crippen LogP contribution in [-0.4, -0.2) is 85.9 Å². The fourth-order valence-corrected chi connectivity index (χ4v) is 4.73. The van der Waals surface area contributed by atoms with Gasteiger partial charge in [0.05, 0.1) is 25.5 Å². The Morgan fingerprint density at radius 3 is 2.27 bits per heavy atom. The van der Waals surface area contributed by atoms with Crippen molar-refractivity contribution in [1.82, 2.24) is 15.1 Å². The summed E-state index contributed by atoms with van der Waals surface area (Å²) in [4.78, 5) is 41.2. The molecule has 2 aromatic carbocycles. The van der Waals surface area contributed by atoms with Crippen molar-refractivity contribution >= 4 is 23.6 Å². The number of ether oxygens (including phenoxy) is 2. The van der Waals surface area contributed by atoms with Gasteiger partial charge in [-0.25, -0.2) is 0 Å². The molecule has 2 saturated heterocycles. The Kier molecular flexibility index (Phi) is 8.39. The Bertz CT molecular complexity index is 1130. The number of hydrogen-bond donors (Lipinski definition) is 3. The molecule has 2 amide bonds.